The van der Waals surface area contributed by atoms with Crippen molar-refractivity contribution in [1.82, 2.24) is 15.3 Å². The number of imidazole rings is 1. The monoisotopic (exact) mass is 277 g/mol. The predicted octanol–water partition coefficient (Wildman–Crippen LogP) is 3.80. The van der Waals surface area contributed by atoms with E-state index in [1.807, 2.05) is 18.2 Å². The Morgan fingerprint density at radius 2 is 1.81 bits per heavy atom. The van der Waals surface area contributed by atoms with E-state index in [0.29, 0.717) is 6.04 Å². The van der Waals surface area contributed by atoms with Crippen molar-refractivity contribution in [3.63, 3.8) is 0 Å². The molecule has 21 heavy (non-hydrogen) atoms. The molecule has 106 valence electrons. The standard InChI is InChI=1S/C18H19N3/c1-2-6-13(7-3-1)18(14-10-11-14)19-12-17-20-15-8-4-5-9-16(15)21-17/h1-9,14,18-19H,10-12H2,(H,20,21). The maximum Gasteiger partial charge on any atom is 0.121 e. The summed E-state index contributed by atoms with van der Waals surface area (Å²) in [4.78, 5) is 8.03. The first-order valence-corrected chi connectivity index (χ1v) is 7.62. The van der Waals surface area contributed by atoms with Crippen molar-refractivity contribution < 1.29 is 0 Å². The fourth-order valence-corrected chi connectivity index (χ4v) is 2.94. The molecular weight excluding hydrogens is 258 g/mol. The van der Waals surface area contributed by atoms with Crippen LogP contribution in [0.2, 0.25) is 0 Å². The lowest BCUT2D eigenvalue weighted by molar-refractivity contribution is 0.474. The molecule has 1 fully saturated rings. The van der Waals surface area contributed by atoms with Gasteiger partial charge in [0.05, 0.1) is 17.6 Å². The molecule has 0 saturated heterocycles. The number of aromatic amines is 1. The van der Waals surface area contributed by atoms with E-state index in [1.54, 1.807) is 0 Å². The average molecular weight is 277 g/mol. The van der Waals surface area contributed by atoms with Crippen LogP contribution in [0.25, 0.3) is 11.0 Å². The molecule has 3 aromatic rings. The first-order chi connectivity index (χ1) is 10.4. The lowest BCUT2D eigenvalue weighted by atomic mass is 10.0. The van der Waals surface area contributed by atoms with Gasteiger partial charge in [0, 0.05) is 6.04 Å². The Labute approximate surface area is 124 Å². The summed E-state index contributed by atoms with van der Waals surface area (Å²) in [5.41, 5.74) is 3.53. The second-order valence-electron chi connectivity index (χ2n) is 5.81. The number of nitrogens with zero attached hydrogens (tertiary/aromatic N) is 1. The number of hydrogen-bond donors (Lipinski definition) is 2. The molecule has 1 aromatic heterocycles. The number of benzene rings is 2. The fraction of sp³-hybridized carbons (Fsp3) is 0.278. The van der Waals surface area contributed by atoms with Crippen LogP contribution in [-0.2, 0) is 6.54 Å². The van der Waals surface area contributed by atoms with Gasteiger partial charge in [-0.2, -0.15) is 0 Å². The molecular formula is C18H19N3. The third kappa shape index (κ3) is 2.69. The minimum absolute atomic E-state index is 0.444. The largest absolute Gasteiger partial charge is 0.341 e. The smallest absolute Gasteiger partial charge is 0.121 e. The molecule has 0 spiro atoms. The highest BCUT2D eigenvalue weighted by Crippen LogP contribution is 2.41. The Balaban J connectivity index is 1.51. The number of hydrogen-bond acceptors (Lipinski definition) is 2. The van der Waals surface area contributed by atoms with E-state index in [2.05, 4.69) is 51.7 Å². The zero-order chi connectivity index (χ0) is 14.1. The summed E-state index contributed by atoms with van der Waals surface area (Å²) in [5.74, 6) is 1.79. The van der Waals surface area contributed by atoms with Crippen LogP contribution < -0.4 is 5.32 Å². The summed E-state index contributed by atoms with van der Waals surface area (Å²) >= 11 is 0. The summed E-state index contributed by atoms with van der Waals surface area (Å²) in [6, 6.07) is 19.4. The molecule has 1 atom stereocenters. The van der Waals surface area contributed by atoms with Crippen LogP contribution in [0.3, 0.4) is 0 Å². The summed E-state index contributed by atoms with van der Waals surface area (Å²) in [7, 11) is 0. The predicted molar refractivity (Wildman–Crippen MR) is 84.8 cm³/mol. The van der Waals surface area contributed by atoms with Crippen LogP contribution in [0.5, 0.6) is 0 Å². The van der Waals surface area contributed by atoms with Crippen LogP contribution in [0.4, 0.5) is 0 Å². The van der Waals surface area contributed by atoms with Crippen LogP contribution in [0.1, 0.15) is 30.3 Å². The number of aromatic nitrogens is 2. The lowest BCUT2D eigenvalue weighted by Crippen LogP contribution is -2.23. The van der Waals surface area contributed by atoms with Gasteiger partial charge in [-0.05, 0) is 36.5 Å². The second-order valence-corrected chi connectivity index (χ2v) is 5.81. The van der Waals surface area contributed by atoms with E-state index in [-0.39, 0.29) is 0 Å². The number of fused-ring (bicyclic) bond motifs is 1. The third-order valence-electron chi connectivity index (χ3n) is 4.18. The Kier molecular flexibility index (Phi) is 3.20. The Morgan fingerprint density at radius 3 is 2.57 bits per heavy atom. The number of nitrogens with one attached hydrogen (secondary N) is 2. The molecule has 2 aromatic carbocycles. The molecule has 4 rings (SSSR count). The normalized spacial score (nSPS) is 16.2. The third-order valence-corrected chi connectivity index (χ3v) is 4.18. The van der Waals surface area contributed by atoms with E-state index >= 15 is 0 Å². The molecule has 0 aliphatic heterocycles. The zero-order valence-corrected chi connectivity index (χ0v) is 11.9. The number of para-hydroxylation sites is 2. The van der Waals surface area contributed by atoms with Crippen LogP contribution in [0, 0.1) is 5.92 Å². The van der Waals surface area contributed by atoms with Gasteiger partial charge < -0.3 is 10.3 Å². The molecule has 1 saturated carbocycles. The van der Waals surface area contributed by atoms with Gasteiger partial charge in [0.1, 0.15) is 5.82 Å². The SMILES string of the molecule is c1ccc(C(NCc2nc3ccccc3[nH]2)C2CC2)cc1. The fourth-order valence-electron chi connectivity index (χ4n) is 2.94. The summed E-state index contributed by atoms with van der Waals surface area (Å²) in [5, 5.41) is 3.68. The van der Waals surface area contributed by atoms with Gasteiger partial charge in [0.15, 0.2) is 0 Å². The molecule has 2 N–H and O–H groups in total. The second kappa shape index (κ2) is 5.34. The number of rotatable bonds is 5. The molecule has 1 heterocycles. The van der Waals surface area contributed by atoms with Gasteiger partial charge in [-0.25, -0.2) is 4.98 Å². The van der Waals surface area contributed by atoms with Crippen LogP contribution >= 0.6 is 0 Å². The summed E-state index contributed by atoms with van der Waals surface area (Å²) in [6.45, 7) is 0.782. The van der Waals surface area contributed by atoms with E-state index in [4.69, 9.17) is 0 Å². The molecule has 0 radical (unpaired) electrons. The highest BCUT2D eigenvalue weighted by molar-refractivity contribution is 5.74. The van der Waals surface area contributed by atoms with Gasteiger partial charge in [-0.1, -0.05) is 42.5 Å². The maximum absolute atomic E-state index is 4.64. The molecule has 1 aliphatic carbocycles. The van der Waals surface area contributed by atoms with Gasteiger partial charge in [0.2, 0.25) is 0 Å². The van der Waals surface area contributed by atoms with E-state index in [1.165, 1.54) is 18.4 Å². The van der Waals surface area contributed by atoms with Gasteiger partial charge in [0.25, 0.3) is 0 Å². The van der Waals surface area contributed by atoms with Gasteiger partial charge in [-0.15, -0.1) is 0 Å². The minimum atomic E-state index is 0.444. The highest BCUT2D eigenvalue weighted by Gasteiger charge is 2.31. The summed E-state index contributed by atoms with van der Waals surface area (Å²) in [6.07, 6.45) is 2.65. The van der Waals surface area contributed by atoms with Crippen molar-refractivity contribution in [2.75, 3.05) is 0 Å². The zero-order valence-electron chi connectivity index (χ0n) is 11.9. The number of H-pyrrole nitrogens is 1. The Bertz CT molecular complexity index is 695. The molecule has 0 amide bonds. The highest BCUT2D eigenvalue weighted by atomic mass is 15.0. The van der Waals surface area contributed by atoms with Gasteiger partial charge >= 0.3 is 0 Å². The van der Waals surface area contributed by atoms with Crippen molar-refractivity contribution in [2.45, 2.75) is 25.4 Å². The first-order valence-electron chi connectivity index (χ1n) is 7.62. The van der Waals surface area contributed by atoms with Crippen LogP contribution in [0.15, 0.2) is 54.6 Å². The average Bonchev–Trinajstić information content (AvgIpc) is 3.27. The first kappa shape index (κ1) is 12.6. The Hall–Kier alpha value is -2.13. The van der Waals surface area contributed by atoms with Crippen LogP contribution in [-0.4, -0.2) is 9.97 Å². The molecule has 1 aliphatic rings. The molecule has 3 nitrogen and oxygen atoms in total. The van der Waals surface area contributed by atoms with E-state index in [0.717, 1.165) is 29.3 Å². The van der Waals surface area contributed by atoms with E-state index < -0.39 is 0 Å². The lowest BCUT2D eigenvalue weighted by Gasteiger charge is -2.18. The quantitative estimate of drug-likeness (QED) is 0.744. The Morgan fingerprint density at radius 1 is 1.05 bits per heavy atom. The van der Waals surface area contributed by atoms with Crippen molar-refractivity contribution in [3.8, 4) is 0 Å². The van der Waals surface area contributed by atoms with Crippen molar-refractivity contribution in [2.24, 2.45) is 5.92 Å². The molecule has 0 bridgehead atoms. The van der Waals surface area contributed by atoms with E-state index in [9.17, 15) is 0 Å². The minimum Gasteiger partial charge on any atom is -0.341 e. The van der Waals surface area contributed by atoms with Gasteiger partial charge in [-0.3, -0.25) is 0 Å². The van der Waals surface area contributed by atoms with Crippen molar-refractivity contribution >= 4 is 11.0 Å². The summed E-state index contributed by atoms with van der Waals surface area (Å²) < 4.78 is 0. The van der Waals surface area contributed by atoms with Crippen molar-refractivity contribution in [3.05, 3.63) is 66.0 Å². The molecule has 3 heteroatoms. The topological polar surface area (TPSA) is 40.7 Å². The van der Waals surface area contributed by atoms with Crippen molar-refractivity contribution in [1.29, 1.82) is 0 Å². The molecule has 1 unspecified atom stereocenters. The maximum atomic E-state index is 4.64.